The zero-order valence-corrected chi connectivity index (χ0v) is 12.9. The van der Waals surface area contributed by atoms with Gasteiger partial charge < -0.3 is 10.1 Å². The van der Waals surface area contributed by atoms with Crippen LogP contribution in [0.1, 0.15) is 19.4 Å². The van der Waals surface area contributed by atoms with Gasteiger partial charge in [-0.2, -0.15) is 0 Å². The molecule has 2 rings (SSSR count). The largest absolute Gasteiger partial charge is 0.481 e. The molecule has 0 aliphatic heterocycles. The highest BCUT2D eigenvalue weighted by Gasteiger charge is 2.16. The van der Waals surface area contributed by atoms with Crippen LogP contribution in [0.4, 0.5) is 5.69 Å². The highest BCUT2D eigenvalue weighted by molar-refractivity contribution is 6.30. The third-order valence-corrected chi connectivity index (χ3v) is 3.35. The number of amides is 1. The summed E-state index contributed by atoms with van der Waals surface area (Å²) in [6.07, 6.45) is 0.274. The monoisotopic (exact) mass is 303 g/mol. The van der Waals surface area contributed by atoms with Gasteiger partial charge in [0.05, 0.1) is 0 Å². The fraction of sp³-hybridized carbons (Fsp3) is 0.235. The number of hydrogen-bond acceptors (Lipinski definition) is 2. The number of carbonyl (C=O) groups excluding carboxylic acids is 1. The second-order valence-corrected chi connectivity index (χ2v) is 5.16. The van der Waals surface area contributed by atoms with Crippen LogP contribution in [-0.4, -0.2) is 12.0 Å². The molecule has 21 heavy (non-hydrogen) atoms. The van der Waals surface area contributed by atoms with E-state index in [0.717, 1.165) is 17.7 Å². The van der Waals surface area contributed by atoms with Gasteiger partial charge in [-0.05, 0) is 43.2 Å². The molecule has 0 saturated carbocycles. The van der Waals surface area contributed by atoms with Crippen molar-refractivity contribution in [3.63, 3.8) is 0 Å². The fourth-order valence-corrected chi connectivity index (χ4v) is 2.16. The van der Waals surface area contributed by atoms with Crippen LogP contribution in [0.15, 0.2) is 48.5 Å². The van der Waals surface area contributed by atoms with E-state index in [2.05, 4.69) is 12.2 Å². The molecule has 4 heteroatoms. The Labute approximate surface area is 129 Å². The van der Waals surface area contributed by atoms with Crippen molar-refractivity contribution in [1.29, 1.82) is 0 Å². The first-order chi connectivity index (χ1) is 10.1. The molecule has 0 saturated heterocycles. The van der Waals surface area contributed by atoms with Crippen LogP contribution in [-0.2, 0) is 11.2 Å². The molecule has 0 radical (unpaired) electrons. The minimum atomic E-state index is -0.586. The number of halogens is 1. The predicted molar refractivity (Wildman–Crippen MR) is 86.0 cm³/mol. The molecule has 1 N–H and O–H groups in total. The van der Waals surface area contributed by atoms with Gasteiger partial charge in [0.1, 0.15) is 5.75 Å². The van der Waals surface area contributed by atoms with Crippen molar-refractivity contribution in [2.45, 2.75) is 26.4 Å². The lowest BCUT2D eigenvalue weighted by Gasteiger charge is -2.17. The molecular weight excluding hydrogens is 286 g/mol. The average Bonchev–Trinajstić information content (AvgIpc) is 2.47. The Balaban J connectivity index is 2.02. The average molecular weight is 304 g/mol. The van der Waals surface area contributed by atoms with Crippen LogP contribution in [0.2, 0.25) is 5.02 Å². The SMILES string of the molecule is CCc1ccccc1O[C@@H](C)C(=O)Nc1cccc(Cl)c1. The Bertz CT molecular complexity index is 628. The maximum atomic E-state index is 12.1. The van der Waals surface area contributed by atoms with E-state index >= 15 is 0 Å². The van der Waals surface area contributed by atoms with Crippen LogP contribution in [0.3, 0.4) is 0 Å². The van der Waals surface area contributed by atoms with Gasteiger partial charge in [-0.15, -0.1) is 0 Å². The molecule has 1 atom stereocenters. The van der Waals surface area contributed by atoms with Gasteiger partial charge in [-0.25, -0.2) is 0 Å². The molecule has 2 aromatic carbocycles. The standard InChI is InChI=1S/C17H18ClNO2/c1-3-13-7-4-5-10-16(13)21-12(2)17(20)19-15-9-6-8-14(18)11-15/h4-12H,3H2,1-2H3,(H,19,20)/t12-/m0/s1. The van der Waals surface area contributed by atoms with E-state index in [1.807, 2.05) is 24.3 Å². The number of carbonyl (C=O) groups is 1. The molecule has 0 aliphatic carbocycles. The molecule has 0 spiro atoms. The maximum Gasteiger partial charge on any atom is 0.265 e. The van der Waals surface area contributed by atoms with Gasteiger partial charge in [0, 0.05) is 10.7 Å². The molecule has 3 nitrogen and oxygen atoms in total. The second kappa shape index (κ2) is 7.14. The van der Waals surface area contributed by atoms with E-state index < -0.39 is 6.10 Å². The molecule has 0 fully saturated rings. The molecule has 0 aliphatic rings. The van der Waals surface area contributed by atoms with Gasteiger partial charge >= 0.3 is 0 Å². The molecule has 0 unspecified atom stereocenters. The topological polar surface area (TPSA) is 38.3 Å². The summed E-state index contributed by atoms with van der Waals surface area (Å²) in [4.78, 5) is 12.1. The highest BCUT2D eigenvalue weighted by atomic mass is 35.5. The zero-order valence-electron chi connectivity index (χ0n) is 12.1. The number of aryl methyl sites for hydroxylation is 1. The summed E-state index contributed by atoms with van der Waals surface area (Å²) in [5, 5.41) is 3.37. The lowest BCUT2D eigenvalue weighted by molar-refractivity contribution is -0.122. The van der Waals surface area contributed by atoms with E-state index in [1.165, 1.54) is 0 Å². The number of anilines is 1. The number of hydrogen-bond donors (Lipinski definition) is 1. The van der Waals surface area contributed by atoms with Crippen molar-refractivity contribution in [3.8, 4) is 5.75 Å². The van der Waals surface area contributed by atoms with Crippen molar-refractivity contribution in [3.05, 3.63) is 59.1 Å². The molecule has 110 valence electrons. The van der Waals surface area contributed by atoms with Gasteiger partial charge in [-0.1, -0.05) is 42.8 Å². The summed E-state index contributed by atoms with van der Waals surface area (Å²) in [5.74, 6) is 0.539. The van der Waals surface area contributed by atoms with E-state index in [0.29, 0.717) is 10.7 Å². The Morgan fingerprint density at radius 3 is 2.71 bits per heavy atom. The number of benzene rings is 2. The van der Waals surface area contributed by atoms with Crippen LogP contribution in [0.5, 0.6) is 5.75 Å². The molecular formula is C17H18ClNO2. The van der Waals surface area contributed by atoms with Crippen LogP contribution < -0.4 is 10.1 Å². The molecule has 0 aromatic heterocycles. The summed E-state index contributed by atoms with van der Waals surface area (Å²) in [6, 6.07) is 14.8. The van der Waals surface area contributed by atoms with Crippen molar-refractivity contribution in [2.75, 3.05) is 5.32 Å². The van der Waals surface area contributed by atoms with Gasteiger partial charge in [-0.3, -0.25) is 4.79 Å². The first-order valence-corrected chi connectivity index (χ1v) is 7.29. The molecule has 0 heterocycles. The Hall–Kier alpha value is -2.00. The number of para-hydroxylation sites is 1. The first-order valence-electron chi connectivity index (χ1n) is 6.91. The number of ether oxygens (including phenoxy) is 1. The summed E-state index contributed by atoms with van der Waals surface area (Å²) in [6.45, 7) is 3.78. The van der Waals surface area contributed by atoms with E-state index in [1.54, 1.807) is 31.2 Å². The minimum Gasteiger partial charge on any atom is -0.481 e. The normalized spacial score (nSPS) is 11.8. The summed E-state index contributed by atoms with van der Waals surface area (Å²) in [7, 11) is 0. The zero-order chi connectivity index (χ0) is 15.2. The first kappa shape index (κ1) is 15.4. The fourth-order valence-electron chi connectivity index (χ4n) is 1.96. The quantitative estimate of drug-likeness (QED) is 0.894. The number of nitrogens with one attached hydrogen (secondary N) is 1. The third kappa shape index (κ3) is 4.23. The van der Waals surface area contributed by atoms with Gasteiger partial charge in [0.25, 0.3) is 5.91 Å². The van der Waals surface area contributed by atoms with E-state index in [9.17, 15) is 4.79 Å². The van der Waals surface area contributed by atoms with Crippen LogP contribution in [0, 0.1) is 0 Å². The minimum absolute atomic E-state index is 0.205. The summed E-state index contributed by atoms with van der Waals surface area (Å²) >= 11 is 5.89. The smallest absolute Gasteiger partial charge is 0.265 e. The van der Waals surface area contributed by atoms with Crippen LogP contribution in [0.25, 0.3) is 0 Å². The lowest BCUT2D eigenvalue weighted by Crippen LogP contribution is -2.30. The van der Waals surface area contributed by atoms with Crippen molar-refractivity contribution < 1.29 is 9.53 Å². The van der Waals surface area contributed by atoms with E-state index in [4.69, 9.17) is 16.3 Å². The lowest BCUT2D eigenvalue weighted by atomic mass is 10.1. The molecule has 0 bridgehead atoms. The summed E-state index contributed by atoms with van der Waals surface area (Å²) < 4.78 is 5.76. The maximum absolute atomic E-state index is 12.1. The predicted octanol–water partition coefficient (Wildman–Crippen LogP) is 4.31. The highest BCUT2D eigenvalue weighted by Crippen LogP contribution is 2.20. The number of rotatable bonds is 5. The van der Waals surface area contributed by atoms with Crippen molar-refractivity contribution in [1.82, 2.24) is 0 Å². The molecule has 2 aromatic rings. The van der Waals surface area contributed by atoms with Crippen molar-refractivity contribution >= 4 is 23.2 Å². The van der Waals surface area contributed by atoms with Crippen molar-refractivity contribution in [2.24, 2.45) is 0 Å². The van der Waals surface area contributed by atoms with E-state index in [-0.39, 0.29) is 5.91 Å². The van der Waals surface area contributed by atoms with Gasteiger partial charge in [0.15, 0.2) is 6.10 Å². The van der Waals surface area contributed by atoms with Gasteiger partial charge in [0.2, 0.25) is 0 Å². The Morgan fingerprint density at radius 1 is 1.24 bits per heavy atom. The third-order valence-electron chi connectivity index (χ3n) is 3.12. The Morgan fingerprint density at radius 2 is 2.00 bits per heavy atom. The second-order valence-electron chi connectivity index (χ2n) is 4.72. The van der Waals surface area contributed by atoms with Crippen LogP contribution >= 0.6 is 11.6 Å². The molecule has 1 amide bonds. The Kier molecular flexibility index (Phi) is 5.23. The summed E-state index contributed by atoms with van der Waals surface area (Å²) in [5.41, 5.74) is 1.74.